The Morgan fingerprint density at radius 3 is 2.10 bits per heavy atom. The molecule has 3 rings (SSSR count). The van der Waals surface area contributed by atoms with Crippen molar-refractivity contribution in [1.82, 2.24) is 10.2 Å². The smallest absolute Gasteiger partial charge is 0.408 e. The zero-order valence-corrected chi connectivity index (χ0v) is 17.1. The van der Waals surface area contributed by atoms with Crippen molar-refractivity contribution in [2.75, 3.05) is 31.1 Å². The van der Waals surface area contributed by atoms with Crippen molar-refractivity contribution in [3.8, 4) is 0 Å². The molecule has 6 nitrogen and oxygen atoms in total. The van der Waals surface area contributed by atoms with E-state index in [4.69, 9.17) is 4.74 Å². The van der Waals surface area contributed by atoms with Crippen molar-refractivity contribution >= 4 is 17.7 Å². The fraction of sp³-hybridized carbons (Fsp3) is 0.391. The summed E-state index contributed by atoms with van der Waals surface area (Å²) in [6.45, 7) is 6.87. The Hall–Kier alpha value is -3.02. The minimum atomic E-state index is -0.596. The van der Waals surface area contributed by atoms with Gasteiger partial charge in [0.2, 0.25) is 5.91 Å². The number of alkyl carbamates (subject to hydrolysis) is 1. The number of amides is 2. The van der Waals surface area contributed by atoms with Gasteiger partial charge in [-0.1, -0.05) is 62.4 Å². The molecule has 154 valence electrons. The molecule has 2 amide bonds. The average molecular weight is 396 g/mol. The normalized spacial score (nSPS) is 15.1. The molecule has 1 unspecified atom stereocenters. The third kappa shape index (κ3) is 5.73. The van der Waals surface area contributed by atoms with Gasteiger partial charge in [0.25, 0.3) is 0 Å². The maximum atomic E-state index is 13.0. The number of benzene rings is 2. The number of piperazine rings is 1. The fourth-order valence-corrected chi connectivity index (χ4v) is 3.43. The molecule has 0 saturated carbocycles. The summed E-state index contributed by atoms with van der Waals surface area (Å²) in [5, 5.41) is 2.76. The van der Waals surface area contributed by atoms with E-state index in [1.807, 2.05) is 67.3 Å². The molecular formula is C23H29N3O3. The number of hydrogen-bond acceptors (Lipinski definition) is 4. The van der Waals surface area contributed by atoms with Gasteiger partial charge >= 0.3 is 6.09 Å². The van der Waals surface area contributed by atoms with Crippen LogP contribution in [-0.4, -0.2) is 49.1 Å². The molecule has 1 saturated heterocycles. The molecule has 0 aromatic heterocycles. The molecule has 0 spiro atoms. The zero-order chi connectivity index (χ0) is 20.6. The van der Waals surface area contributed by atoms with Gasteiger partial charge in [-0.2, -0.15) is 0 Å². The van der Waals surface area contributed by atoms with Crippen LogP contribution in [0.25, 0.3) is 0 Å². The van der Waals surface area contributed by atoms with Gasteiger partial charge < -0.3 is 19.9 Å². The molecule has 1 atom stereocenters. The first kappa shape index (κ1) is 20.7. The van der Waals surface area contributed by atoms with Crippen LogP contribution < -0.4 is 10.2 Å². The number of nitrogens with zero attached hydrogens (tertiary/aromatic N) is 2. The molecule has 2 aromatic rings. The van der Waals surface area contributed by atoms with Crippen molar-refractivity contribution < 1.29 is 14.3 Å². The van der Waals surface area contributed by atoms with Crippen molar-refractivity contribution in [2.45, 2.75) is 26.5 Å². The Balaban J connectivity index is 1.52. The highest BCUT2D eigenvalue weighted by molar-refractivity contribution is 5.86. The van der Waals surface area contributed by atoms with E-state index < -0.39 is 12.1 Å². The monoisotopic (exact) mass is 395 g/mol. The number of nitrogens with one attached hydrogen (secondary N) is 1. The Kier molecular flexibility index (Phi) is 7.11. The van der Waals surface area contributed by atoms with Crippen LogP contribution in [0.2, 0.25) is 0 Å². The highest BCUT2D eigenvalue weighted by Crippen LogP contribution is 2.17. The van der Waals surface area contributed by atoms with Crippen molar-refractivity contribution in [3.63, 3.8) is 0 Å². The highest BCUT2D eigenvalue weighted by Gasteiger charge is 2.31. The van der Waals surface area contributed by atoms with Crippen LogP contribution in [0, 0.1) is 5.92 Å². The van der Waals surface area contributed by atoms with E-state index in [2.05, 4.69) is 22.3 Å². The molecule has 0 bridgehead atoms. The third-order valence-electron chi connectivity index (χ3n) is 5.13. The standard InChI is InChI=1S/C23H29N3O3/c1-18(2)21(24-23(28)29-17-19-9-5-3-6-10-19)22(27)26-15-13-25(14-16-26)20-11-7-4-8-12-20/h3-12,18,21H,13-17H2,1-2H3,(H,24,28). The van der Waals surface area contributed by atoms with E-state index >= 15 is 0 Å². The maximum absolute atomic E-state index is 13.0. The quantitative estimate of drug-likeness (QED) is 0.815. The summed E-state index contributed by atoms with van der Waals surface area (Å²) < 4.78 is 5.29. The second kappa shape index (κ2) is 9.96. The van der Waals surface area contributed by atoms with Gasteiger partial charge in [-0.05, 0) is 23.6 Å². The van der Waals surface area contributed by atoms with Crippen LogP contribution in [0.1, 0.15) is 19.4 Å². The van der Waals surface area contributed by atoms with Crippen molar-refractivity contribution in [3.05, 3.63) is 66.2 Å². The first-order valence-corrected chi connectivity index (χ1v) is 10.1. The summed E-state index contributed by atoms with van der Waals surface area (Å²) in [6, 6.07) is 19.1. The number of para-hydroxylation sites is 1. The number of rotatable bonds is 6. The van der Waals surface area contributed by atoms with Crippen LogP contribution in [0.4, 0.5) is 10.5 Å². The van der Waals surface area contributed by atoms with E-state index in [-0.39, 0.29) is 18.4 Å². The molecule has 1 fully saturated rings. The van der Waals surface area contributed by atoms with Crippen LogP contribution in [-0.2, 0) is 16.1 Å². The number of anilines is 1. The molecule has 0 aliphatic carbocycles. The van der Waals surface area contributed by atoms with Gasteiger partial charge in [0, 0.05) is 31.9 Å². The van der Waals surface area contributed by atoms with Crippen molar-refractivity contribution in [2.24, 2.45) is 5.92 Å². The number of carbonyl (C=O) groups is 2. The lowest BCUT2D eigenvalue weighted by Crippen LogP contribution is -2.56. The van der Waals surface area contributed by atoms with Gasteiger partial charge in [0.05, 0.1) is 0 Å². The second-order valence-electron chi connectivity index (χ2n) is 7.58. The highest BCUT2D eigenvalue weighted by atomic mass is 16.5. The fourth-order valence-electron chi connectivity index (χ4n) is 3.43. The lowest BCUT2D eigenvalue weighted by Gasteiger charge is -2.38. The molecule has 0 radical (unpaired) electrons. The summed E-state index contributed by atoms with van der Waals surface area (Å²) in [7, 11) is 0. The second-order valence-corrected chi connectivity index (χ2v) is 7.58. The van der Waals surface area contributed by atoms with E-state index in [1.165, 1.54) is 5.69 Å². The Labute approximate surface area is 172 Å². The van der Waals surface area contributed by atoms with E-state index in [1.54, 1.807) is 0 Å². The lowest BCUT2D eigenvalue weighted by molar-refractivity contribution is -0.134. The molecular weight excluding hydrogens is 366 g/mol. The van der Waals surface area contributed by atoms with E-state index in [9.17, 15) is 9.59 Å². The number of hydrogen-bond donors (Lipinski definition) is 1. The SMILES string of the molecule is CC(C)C(NC(=O)OCc1ccccc1)C(=O)N1CCN(c2ccccc2)CC1. The summed E-state index contributed by atoms with van der Waals surface area (Å²) in [5.41, 5.74) is 2.08. The number of carbonyl (C=O) groups excluding carboxylic acids is 2. The molecule has 1 N–H and O–H groups in total. The van der Waals surface area contributed by atoms with Gasteiger partial charge in [-0.3, -0.25) is 4.79 Å². The zero-order valence-electron chi connectivity index (χ0n) is 17.1. The van der Waals surface area contributed by atoms with Crippen LogP contribution in [0.5, 0.6) is 0 Å². The molecule has 1 heterocycles. The minimum absolute atomic E-state index is 0.0288. The first-order chi connectivity index (χ1) is 14.0. The molecule has 1 aliphatic rings. The Morgan fingerprint density at radius 1 is 0.931 bits per heavy atom. The molecule has 1 aliphatic heterocycles. The van der Waals surface area contributed by atoms with Gasteiger partial charge in [-0.15, -0.1) is 0 Å². The predicted molar refractivity (Wildman–Crippen MR) is 114 cm³/mol. The van der Waals surface area contributed by atoms with Crippen LogP contribution in [0.15, 0.2) is 60.7 Å². The Bertz CT molecular complexity index is 788. The van der Waals surface area contributed by atoms with Gasteiger partial charge in [0.15, 0.2) is 0 Å². The topological polar surface area (TPSA) is 61.9 Å². The van der Waals surface area contributed by atoms with Gasteiger partial charge in [-0.25, -0.2) is 4.79 Å². The minimum Gasteiger partial charge on any atom is -0.445 e. The third-order valence-corrected chi connectivity index (χ3v) is 5.13. The molecule has 6 heteroatoms. The first-order valence-electron chi connectivity index (χ1n) is 10.1. The predicted octanol–water partition coefficient (Wildman–Crippen LogP) is 3.29. The summed E-state index contributed by atoms with van der Waals surface area (Å²) in [4.78, 5) is 29.4. The molecule has 2 aromatic carbocycles. The van der Waals surface area contributed by atoms with Crippen LogP contribution >= 0.6 is 0 Å². The summed E-state index contributed by atoms with van der Waals surface area (Å²) >= 11 is 0. The van der Waals surface area contributed by atoms with E-state index in [0.29, 0.717) is 13.1 Å². The maximum Gasteiger partial charge on any atom is 0.408 e. The molecule has 29 heavy (non-hydrogen) atoms. The van der Waals surface area contributed by atoms with Crippen LogP contribution in [0.3, 0.4) is 0 Å². The Morgan fingerprint density at radius 2 is 1.52 bits per heavy atom. The largest absolute Gasteiger partial charge is 0.445 e. The number of ether oxygens (including phenoxy) is 1. The lowest BCUT2D eigenvalue weighted by atomic mass is 10.0. The van der Waals surface area contributed by atoms with Gasteiger partial charge in [0.1, 0.15) is 12.6 Å². The van der Waals surface area contributed by atoms with Crippen molar-refractivity contribution in [1.29, 1.82) is 0 Å². The summed E-state index contributed by atoms with van der Waals surface area (Å²) in [6.07, 6.45) is -0.566. The van der Waals surface area contributed by atoms with E-state index in [0.717, 1.165) is 18.7 Å². The average Bonchev–Trinajstić information content (AvgIpc) is 2.77. The summed E-state index contributed by atoms with van der Waals surface area (Å²) in [5.74, 6) is -0.0803.